The minimum Gasteiger partial charge on any atom is -0.408 e. The van der Waals surface area contributed by atoms with Crippen molar-refractivity contribution in [1.29, 1.82) is 0 Å². The van der Waals surface area contributed by atoms with Gasteiger partial charge in [-0.3, -0.25) is 4.98 Å². The van der Waals surface area contributed by atoms with Gasteiger partial charge in [-0.1, -0.05) is 6.07 Å². The van der Waals surface area contributed by atoms with E-state index in [1.165, 1.54) is 5.56 Å². The van der Waals surface area contributed by atoms with E-state index in [-0.39, 0.29) is 5.54 Å². The van der Waals surface area contributed by atoms with Gasteiger partial charge < -0.3 is 9.73 Å². The zero-order chi connectivity index (χ0) is 11.3. The Kier molecular flexibility index (Phi) is 1.80. The average Bonchev–Trinajstić information content (AvgIpc) is 2.56. The molecule has 0 amide bonds. The zero-order valence-corrected chi connectivity index (χ0v) is 9.33. The summed E-state index contributed by atoms with van der Waals surface area (Å²) in [5.74, 6) is 0.105. The van der Waals surface area contributed by atoms with E-state index in [0.717, 1.165) is 12.1 Å². The molecule has 3 rings (SSSR count). The van der Waals surface area contributed by atoms with E-state index in [4.69, 9.17) is 4.42 Å². The van der Waals surface area contributed by atoms with Gasteiger partial charge in [0.1, 0.15) is 0 Å². The zero-order valence-electron chi connectivity index (χ0n) is 9.33. The fourth-order valence-corrected chi connectivity index (χ4v) is 2.33. The van der Waals surface area contributed by atoms with Crippen LogP contribution in [0, 0.1) is 0 Å². The maximum absolute atomic E-state index is 11.0. The summed E-state index contributed by atoms with van der Waals surface area (Å²) in [5.41, 5.74) is 2.79. The Bertz CT molecular complexity index is 594. The molecule has 1 saturated heterocycles. The minimum atomic E-state index is -0.391. The third-order valence-electron chi connectivity index (χ3n) is 3.48. The lowest BCUT2D eigenvalue weighted by Gasteiger charge is -2.46. The molecule has 0 aliphatic carbocycles. The van der Waals surface area contributed by atoms with Crippen molar-refractivity contribution in [2.75, 3.05) is 6.54 Å². The standard InChI is InChI=1S/C12H14N2O2/c1-12(2)8(6-13-12)7-3-4-10-9(5-7)14-11(15)16-10/h3-5,8,13H,6H2,1-2H3,(H,14,15). The first-order valence-electron chi connectivity index (χ1n) is 5.44. The molecule has 4 heteroatoms. The van der Waals surface area contributed by atoms with E-state index in [9.17, 15) is 4.79 Å². The molecule has 0 saturated carbocycles. The first kappa shape index (κ1) is 9.66. The maximum Gasteiger partial charge on any atom is 0.417 e. The van der Waals surface area contributed by atoms with Gasteiger partial charge in [0.2, 0.25) is 0 Å². The largest absolute Gasteiger partial charge is 0.417 e. The first-order chi connectivity index (χ1) is 7.56. The highest BCUT2D eigenvalue weighted by Crippen LogP contribution is 2.35. The predicted molar refractivity (Wildman–Crippen MR) is 61.7 cm³/mol. The number of hydrogen-bond donors (Lipinski definition) is 2. The summed E-state index contributed by atoms with van der Waals surface area (Å²) in [5, 5.41) is 3.39. The molecule has 0 bridgehead atoms. The number of aromatic nitrogens is 1. The molecule has 4 nitrogen and oxygen atoms in total. The summed E-state index contributed by atoms with van der Waals surface area (Å²) in [6, 6.07) is 5.90. The highest BCUT2D eigenvalue weighted by atomic mass is 16.4. The van der Waals surface area contributed by atoms with Crippen LogP contribution >= 0.6 is 0 Å². The van der Waals surface area contributed by atoms with Crippen molar-refractivity contribution in [2.24, 2.45) is 0 Å². The van der Waals surface area contributed by atoms with Crippen LogP contribution in [0.5, 0.6) is 0 Å². The van der Waals surface area contributed by atoms with Crippen LogP contribution in [0.25, 0.3) is 11.1 Å². The molecule has 1 fully saturated rings. The minimum absolute atomic E-state index is 0.137. The number of benzene rings is 1. The molecule has 0 radical (unpaired) electrons. The van der Waals surface area contributed by atoms with Crippen molar-refractivity contribution in [1.82, 2.24) is 10.3 Å². The highest BCUT2D eigenvalue weighted by Gasteiger charge is 2.38. The Morgan fingerprint density at radius 1 is 1.44 bits per heavy atom. The molecule has 0 spiro atoms. The third-order valence-corrected chi connectivity index (χ3v) is 3.48. The number of oxazole rings is 1. The predicted octanol–water partition coefficient (Wildman–Crippen LogP) is 1.59. The van der Waals surface area contributed by atoms with E-state index in [2.05, 4.69) is 24.1 Å². The number of fused-ring (bicyclic) bond motifs is 1. The lowest BCUT2D eigenvalue weighted by atomic mass is 9.75. The van der Waals surface area contributed by atoms with Crippen molar-refractivity contribution >= 4 is 11.1 Å². The Morgan fingerprint density at radius 2 is 2.25 bits per heavy atom. The molecule has 1 aliphatic heterocycles. The van der Waals surface area contributed by atoms with E-state index in [1.807, 2.05) is 18.2 Å². The summed E-state index contributed by atoms with van der Waals surface area (Å²) in [7, 11) is 0. The molecule has 1 unspecified atom stereocenters. The number of H-pyrrole nitrogens is 1. The van der Waals surface area contributed by atoms with Gasteiger partial charge >= 0.3 is 5.76 Å². The normalized spacial score (nSPS) is 23.2. The molecule has 2 N–H and O–H groups in total. The van der Waals surface area contributed by atoms with Gasteiger partial charge in [0.05, 0.1) is 5.52 Å². The third kappa shape index (κ3) is 1.30. The Hall–Kier alpha value is -1.55. The monoisotopic (exact) mass is 218 g/mol. The molecule has 2 heterocycles. The van der Waals surface area contributed by atoms with E-state index >= 15 is 0 Å². The molecule has 1 aromatic carbocycles. The lowest BCUT2D eigenvalue weighted by Crippen LogP contribution is -2.59. The molecular weight excluding hydrogens is 204 g/mol. The number of aromatic amines is 1. The number of nitrogens with one attached hydrogen (secondary N) is 2. The second kappa shape index (κ2) is 2.98. The van der Waals surface area contributed by atoms with E-state index in [0.29, 0.717) is 11.5 Å². The molecule has 2 aromatic rings. The van der Waals surface area contributed by atoms with Gasteiger partial charge in [0, 0.05) is 18.0 Å². The van der Waals surface area contributed by atoms with Gasteiger partial charge in [0.15, 0.2) is 5.58 Å². The highest BCUT2D eigenvalue weighted by molar-refractivity contribution is 5.73. The van der Waals surface area contributed by atoms with Crippen molar-refractivity contribution in [3.05, 3.63) is 34.3 Å². The van der Waals surface area contributed by atoms with Gasteiger partial charge in [0.25, 0.3) is 0 Å². The SMILES string of the molecule is CC1(C)NCC1c1ccc2oc(=O)[nH]c2c1. The average molecular weight is 218 g/mol. The van der Waals surface area contributed by atoms with Gasteiger partial charge in [-0.25, -0.2) is 4.79 Å². The maximum atomic E-state index is 11.0. The van der Waals surface area contributed by atoms with Crippen LogP contribution in [-0.2, 0) is 0 Å². The molecule has 84 valence electrons. The van der Waals surface area contributed by atoms with Crippen LogP contribution in [0.15, 0.2) is 27.4 Å². The lowest BCUT2D eigenvalue weighted by molar-refractivity contribution is 0.208. The number of rotatable bonds is 1. The first-order valence-corrected chi connectivity index (χ1v) is 5.44. The summed E-state index contributed by atoms with van der Waals surface area (Å²) >= 11 is 0. The summed E-state index contributed by atoms with van der Waals surface area (Å²) < 4.78 is 4.98. The second-order valence-corrected chi connectivity index (χ2v) is 4.93. The second-order valence-electron chi connectivity index (χ2n) is 4.93. The summed E-state index contributed by atoms with van der Waals surface area (Å²) in [6.45, 7) is 5.35. The molecule has 1 atom stereocenters. The fourth-order valence-electron chi connectivity index (χ4n) is 2.33. The number of hydrogen-bond acceptors (Lipinski definition) is 3. The van der Waals surface area contributed by atoms with Crippen LogP contribution in [0.2, 0.25) is 0 Å². The van der Waals surface area contributed by atoms with Crippen LogP contribution in [0.3, 0.4) is 0 Å². The van der Waals surface area contributed by atoms with E-state index < -0.39 is 5.76 Å². The molecule has 16 heavy (non-hydrogen) atoms. The van der Waals surface area contributed by atoms with Gasteiger partial charge in [-0.15, -0.1) is 0 Å². The molecular formula is C12H14N2O2. The Balaban J connectivity index is 2.08. The summed E-state index contributed by atoms with van der Waals surface area (Å²) in [6.07, 6.45) is 0. The topological polar surface area (TPSA) is 58.0 Å². The van der Waals surface area contributed by atoms with Crippen LogP contribution in [-0.4, -0.2) is 17.1 Å². The van der Waals surface area contributed by atoms with Crippen molar-refractivity contribution < 1.29 is 4.42 Å². The van der Waals surface area contributed by atoms with Crippen LogP contribution in [0.1, 0.15) is 25.3 Å². The van der Waals surface area contributed by atoms with E-state index in [1.54, 1.807) is 0 Å². The van der Waals surface area contributed by atoms with Crippen LogP contribution < -0.4 is 11.1 Å². The Morgan fingerprint density at radius 3 is 2.88 bits per heavy atom. The fraction of sp³-hybridized carbons (Fsp3) is 0.417. The van der Waals surface area contributed by atoms with Gasteiger partial charge in [-0.05, 0) is 31.5 Å². The molecule has 1 aliphatic rings. The van der Waals surface area contributed by atoms with Crippen molar-refractivity contribution in [2.45, 2.75) is 25.3 Å². The van der Waals surface area contributed by atoms with Crippen LogP contribution in [0.4, 0.5) is 0 Å². The quantitative estimate of drug-likeness (QED) is 0.764. The van der Waals surface area contributed by atoms with Crippen molar-refractivity contribution in [3.63, 3.8) is 0 Å². The van der Waals surface area contributed by atoms with Gasteiger partial charge in [-0.2, -0.15) is 0 Å². The molecule has 1 aromatic heterocycles. The summed E-state index contributed by atoms with van der Waals surface area (Å²) in [4.78, 5) is 13.7. The Labute approximate surface area is 92.7 Å². The van der Waals surface area contributed by atoms with Crippen molar-refractivity contribution in [3.8, 4) is 0 Å². The smallest absolute Gasteiger partial charge is 0.408 e.